The molecule has 0 aromatic carbocycles. The van der Waals surface area contributed by atoms with Gasteiger partial charge in [0.05, 0.1) is 6.54 Å². The molecule has 0 saturated carbocycles. The molecule has 0 aliphatic rings. The molecule has 2 N–H and O–H groups in total. The van der Waals surface area contributed by atoms with E-state index in [0.717, 1.165) is 19.6 Å². The van der Waals surface area contributed by atoms with Gasteiger partial charge in [0, 0.05) is 12.6 Å². The minimum absolute atomic E-state index is 0.0480. The minimum Gasteiger partial charge on any atom is -0.447 e. The van der Waals surface area contributed by atoms with E-state index < -0.39 is 10.0 Å². The molecule has 1 heterocycles. The van der Waals surface area contributed by atoms with E-state index in [1.54, 1.807) is 6.07 Å². The molecule has 0 aliphatic carbocycles. The summed E-state index contributed by atoms with van der Waals surface area (Å²) in [4.78, 5) is 2.33. The summed E-state index contributed by atoms with van der Waals surface area (Å²) in [6.07, 6.45) is 0. The molecular formula is C13H25N3O3S. The molecule has 0 amide bonds. The van der Waals surface area contributed by atoms with Crippen LogP contribution in [0, 0.1) is 0 Å². The van der Waals surface area contributed by atoms with Gasteiger partial charge in [-0.05, 0) is 39.2 Å². The highest BCUT2D eigenvalue weighted by atomic mass is 32.2. The zero-order chi connectivity index (χ0) is 15.2. The van der Waals surface area contributed by atoms with E-state index in [0.29, 0.717) is 18.3 Å². The lowest BCUT2D eigenvalue weighted by atomic mass is 10.3. The summed E-state index contributed by atoms with van der Waals surface area (Å²) in [5.74, 6) is 0.616. The Morgan fingerprint density at radius 1 is 1.30 bits per heavy atom. The van der Waals surface area contributed by atoms with Crippen molar-refractivity contribution in [3.63, 3.8) is 0 Å². The second-order valence-corrected chi connectivity index (χ2v) is 6.51. The summed E-state index contributed by atoms with van der Waals surface area (Å²) in [6.45, 7) is 9.89. The van der Waals surface area contributed by atoms with Gasteiger partial charge in [0.1, 0.15) is 5.76 Å². The van der Waals surface area contributed by atoms with Crippen LogP contribution in [0.25, 0.3) is 0 Å². The van der Waals surface area contributed by atoms with E-state index in [-0.39, 0.29) is 5.09 Å². The van der Waals surface area contributed by atoms with Crippen LogP contribution in [0.3, 0.4) is 0 Å². The highest BCUT2D eigenvalue weighted by Gasteiger charge is 2.16. The Kier molecular flexibility index (Phi) is 6.67. The minimum atomic E-state index is -3.50. The topological polar surface area (TPSA) is 74.6 Å². The first kappa shape index (κ1) is 17.2. The third kappa shape index (κ3) is 4.90. The zero-order valence-corrected chi connectivity index (χ0v) is 13.5. The third-order valence-corrected chi connectivity index (χ3v) is 4.51. The van der Waals surface area contributed by atoms with E-state index in [4.69, 9.17) is 4.42 Å². The van der Waals surface area contributed by atoms with E-state index in [2.05, 4.69) is 35.7 Å². The molecule has 1 unspecified atom stereocenters. The molecule has 0 fully saturated rings. The molecule has 1 aromatic rings. The molecule has 7 heteroatoms. The van der Waals surface area contributed by atoms with Gasteiger partial charge in [-0.25, -0.2) is 13.1 Å². The van der Waals surface area contributed by atoms with Gasteiger partial charge < -0.3 is 14.6 Å². The Hall–Kier alpha value is -0.890. The van der Waals surface area contributed by atoms with Crippen molar-refractivity contribution in [2.45, 2.75) is 38.5 Å². The van der Waals surface area contributed by atoms with Crippen molar-refractivity contribution in [1.29, 1.82) is 0 Å². The van der Waals surface area contributed by atoms with E-state index in [1.165, 1.54) is 13.1 Å². The Bertz CT molecular complexity index is 495. The molecule has 0 aliphatic heterocycles. The highest BCUT2D eigenvalue weighted by Crippen LogP contribution is 2.13. The third-order valence-electron chi connectivity index (χ3n) is 3.22. The maximum atomic E-state index is 11.5. The van der Waals surface area contributed by atoms with Gasteiger partial charge in [0.25, 0.3) is 10.0 Å². The van der Waals surface area contributed by atoms with Crippen molar-refractivity contribution in [3.8, 4) is 0 Å². The van der Waals surface area contributed by atoms with E-state index in [9.17, 15) is 8.42 Å². The van der Waals surface area contributed by atoms with Gasteiger partial charge in [-0.3, -0.25) is 0 Å². The molecule has 0 saturated heterocycles. The van der Waals surface area contributed by atoms with E-state index in [1.807, 2.05) is 0 Å². The summed E-state index contributed by atoms with van der Waals surface area (Å²) < 4.78 is 30.6. The standard InChI is InChI=1S/C13H25N3O3S/c1-5-16(6-2)10-11(3)15-9-12-7-8-13(19-12)20(17,18)14-4/h7-8,11,14-15H,5-6,9-10H2,1-4H3. The Morgan fingerprint density at radius 3 is 2.50 bits per heavy atom. The number of nitrogens with one attached hydrogen (secondary N) is 2. The lowest BCUT2D eigenvalue weighted by Gasteiger charge is -2.23. The summed E-state index contributed by atoms with van der Waals surface area (Å²) in [5.41, 5.74) is 0. The van der Waals surface area contributed by atoms with Crippen molar-refractivity contribution < 1.29 is 12.8 Å². The summed E-state index contributed by atoms with van der Waals surface area (Å²) >= 11 is 0. The Labute approximate surface area is 121 Å². The highest BCUT2D eigenvalue weighted by molar-refractivity contribution is 7.89. The summed E-state index contributed by atoms with van der Waals surface area (Å²) in [7, 11) is -2.13. The molecule has 20 heavy (non-hydrogen) atoms. The van der Waals surface area contributed by atoms with Crippen LogP contribution >= 0.6 is 0 Å². The quantitative estimate of drug-likeness (QED) is 0.712. The first-order valence-corrected chi connectivity index (χ1v) is 8.39. The smallest absolute Gasteiger partial charge is 0.273 e. The predicted octanol–water partition coefficient (Wildman–Crippen LogP) is 1.01. The fourth-order valence-corrected chi connectivity index (χ4v) is 2.57. The number of hydrogen-bond acceptors (Lipinski definition) is 5. The Balaban J connectivity index is 2.50. The van der Waals surface area contributed by atoms with Gasteiger partial charge in [-0.15, -0.1) is 0 Å². The van der Waals surface area contributed by atoms with Crippen LogP contribution in [-0.2, 0) is 16.6 Å². The summed E-state index contributed by atoms with van der Waals surface area (Å²) in [6, 6.07) is 3.46. The number of furan rings is 1. The van der Waals surface area contributed by atoms with E-state index >= 15 is 0 Å². The molecule has 1 aromatic heterocycles. The SMILES string of the molecule is CCN(CC)CC(C)NCc1ccc(S(=O)(=O)NC)o1. The lowest BCUT2D eigenvalue weighted by Crippen LogP contribution is -2.38. The molecule has 0 spiro atoms. The molecule has 1 rings (SSSR count). The maximum absolute atomic E-state index is 11.5. The average molecular weight is 303 g/mol. The number of sulfonamides is 1. The van der Waals surface area contributed by atoms with Gasteiger partial charge in [0.15, 0.2) is 0 Å². The number of likely N-dealkylation sites (N-methyl/N-ethyl adjacent to an activating group) is 1. The van der Waals surface area contributed by atoms with Crippen LogP contribution in [0.4, 0.5) is 0 Å². The second kappa shape index (κ2) is 7.78. The molecule has 0 bridgehead atoms. The van der Waals surface area contributed by atoms with Gasteiger partial charge in [0.2, 0.25) is 5.09 Å². The maximum Gasteiger partial charge on any atom is 0.273 e. The average Bonchev–Trinajstić information content (AvgIpc) is 2.92. The molecule has 0 radical (unpaired) electrons. The first-order chi connectivity index (χ1) is 9.42. The van der Waals surface area contributed by atoms with Crippen LogP contribution in [0.2, 0.25) is 0 Å². The monoisotopic (exact) mass is 303 g/mol. The number of nitrogens with zero attached hydrogens (tertiary/aromatic N) is 1. The van der Waals surface area contributed by atoms with Gasteiger partial charge in [-0.2, -0.15) is 0 Å². The molecular weight excluding hydrogens is 278 g/mol. The normalized spacial score (nSPS) is 13.8. The molecule has 6 nitrogen and oxygen atoms in total. The van der Waals surface area contributed by atoms with Crippen molar-refractivity contribution in [1.82, 2.24) is 14.9 Å². The zero-order valence-electron chi connectivity index (χ0n) is 12.6. The Morgan fingerprint density at radius 2 is 1.95 bits per heavy atom. The lowest BCUT2D eigenvalue weighted by molar-refractivity contribution is 0.266. The summed E-state index contributed by atoms with van der Waals surface area (Å²) in [5, 5.41) is 3.28. The predicted molar refractivity (Wildman–Crippen MR) is 79.0 cm³/mol. The molecule has 1 atom stereocenters. The van der Waals surface area contributed by atoms with Crippen molar-refractivity contribution in [3.05, 3.63) is 17.9 Å². The molecule has 116 valence electrons. The fraction of sp³-hybridized carbons (Fsp3) is 0.692. The van der Waals surface area contributed by atoms with Crippen molar-refractivity contribution in [2.24, 2.45) is 0 Å². The fourth-order valence-electron chi connectivity index (χ4n) is 1.91. The van der Waals surface area contributed by atoms with Crippen molar-refractivity contribution in [2.75, 3.05) is 26.7 Å². The van der Waals surface area contributed by atoms with Crippen LogP contribution in [-0.4, -0.2) is 46.0 Å². The van der Waals surface area contributed by atoms with Crippen LogP contribution in [0.5, 0.6) is 0 Å². The number of hydrogen-bond donors (Lipinski definition) is 2. The van der Waals surface area contributed by atoms with Crippen LogP contribution in [0.1, 0.15) is 26.5 Å². The van der Waals surface area contributed by atoms with Crippen LogP contribution < -0.4 is 10.0 Å². The van der Waals surface area contributed by atoms with Crippen LogP contribution in [0.15, 0.2) is 21.6 Å². The van der Waals surface area contributed by atoms with Crippen molar-refractivity contribution >= 4 is 10.0 Å². The second-order valence-electron chi connectivity index (χ2n) is 4.70. The van der Waals surface area contributed by atoms with Gasteiger partial charge >= 0.3 is 0 Å². The van der Waals surface area contributed by atoms with Gasteiger partial charge in [-0.1, -0.05) is 13.8 Å². The first-order valence-electron chi connectivity index (χ1n) is 6.90. The number of rotatable bonds is 9. The largest absolute Gasteiger partial charge is 0.447 e.